The minimum absolute atomic E-state index is 0.972. The Hall–Kier alpha value is -1.50. The van der Waals surface area contributed by atoms with Crippen LogP contribution in [0.2, 0.25) is 0 Å². The van der Waals surface area contributed by atoms with Crippen LogP contribution in [0.3, 0.4) is 0 Å². The average Bonchev–Trinajstić information content (AvgIpc) is 2.83. The van der Waals surface area contributed by atoms with E-state index in [1.165, 1.54) is 5.39 Å². The summed E-state index contributed by atoms with van der Waals surface area (Å²) in [6, 6.07) is 10.0. The molecule has 1 heteroatoms. The van der Waals surface area contributed by atoms with Crippen molar-refractivity contribution >= 4 is 11.0 Å². The lowest BCUT2D eigenvalue weighted by Gasteiger charge is -1.82. The molecule has 0 radical (unpaired) electrons. The molecule has 1 aromatic carbocycles. The first-order chi connectivity index (χ1) is 8.77. The predicted octanol–water partition coefficient (Wildman–Crippen LogP) is 6.38. The maximum atomic E-state index is 5.37. The Morgan fingerprint density at radius 3 is 1.83 bits per heavy atom. The van der Waals surface area contributed by atoms with Crippen molar-refractivity contribution in [2.24, 2.45) is 0 Å². The lowest BCUT2D eigenvalue weighted by atomic mass is 10.2. The first-order valence-electron chi connectivity index (χ1n) is 6.80. The number of hydrogen-bond donors (Lipinski definition) is 0. The number of allylic oxidation sites excluding steroid dienone is 2. The largest absolute Gasteiger partial charge is 0.461 e. The van der Waals surface area contributed by atoms with Gasteiger partial charge in [-0.1, -0.05) is 58.0 Å². The third-order valence-electron chi connectivity index (χ3n) is 1.88. The van der Waals surface area contributed by atoms with Gasteiger partial charge in [-0.25, -0.2) is 0 Å². The number of furan rings is 1. The molecule has 1 aromatic heterocycles. The van der Waals surface area contributed by atoms with E-state index >= 15 is 0 Å². The Labute approximate surface area is 113 Å². The number of aryl methyl sites for hydroxylation is 1. The number of para-hydroxylation sites is 1. The monoisotopic (exact) mass is 248 g/mol. The summed E-state index contributed by atoms with van der Waals surface area (Å²) in [5, 5.41) is 1.18. The maximum Gasteiger partial charge on any atom is 0.134 e. The second kappa shape index (κ2) is 13.6. The molecule has 0 spiro atoms. The summed E-state index contributed by atoms with van der Waals surface area (Å²) < 4.78 is 5.37. The van der Waals surface area contributed by atoms with Crippen LogP contribution in [-0.2, 0) is 0 Å². The Morgan fingerprint density at radius 2 is 1.39 bits per heavy atom. The lowest BCUT2D eigenvalue weighted by Crippen LogP contribution is -1.57. The van der Waals surface area contributed by atoms with Gasteiger partial charge in [-0.05, 0) is 32.9 Å². The van der Waals surface area contributed by atoms with Crippen molar-refractivity contribution in [2.45, 2.75) is 48.5 Å². The molecule has 2 rings (SSSR count). The second-order valence-electron chi connectivity index (χ2n) is 3.06. The summed E-state index contributed by atoms with van der Waals surface area (Å²) in [4.78, 5) is 0. The van der Waals surface area contributed by atoms with Crippen molar-refractivity contribution in [1.29, 1.82) is 0 Å². The van der Waals surface area contributed by atoms with E-state index in [9.17, 15) is 0 Å². The minimum Gasteiger partial charge on any atom is -0.461 e. The van der Waals surface area contributed by atoms with Gasteiger partial charge in [0.2, 0.25) is 0 Å². The molecule has 2 aromatic rings. The Kier molecular flexibility index (Phi) is 14.2. The molecule has 0 N–H and O–H groups in total. The smallest absolute Gasteiger partial charge is 0.134 e. The van der Waals surface area contributed by atoms with Crippen molar-refractivity contribution in [3.63, 3.8) is 0 Å². The second-order valence-corrected chi connectivity index (χ2v) is 3.06. The first kappa shape index (κ1) is 18.9. The number of benzene rings is 1. The van der Waals surface area contributed by atoms with Crippen LogP contribution in [0.25, 0.3) is 11.0 Å². The van der Waals surface area contributed by atoms with Gasteiger partial charge < -0.3 is 4.42 Å². The fraction of sp³-hybridized carbons (Fsp3) is 0.412. The van der Waals surface area contributed by atoms with Crippen molar-refractivity contribution < 1.29 is 4.42 Å². The highest BCUT2D eigenvalue weighted by atomic mass is 16.3. The van der Waals surface area contributed by atoms with Gasteiger partial charge in [-0.2, -0.15) is 0 Å². The van der Waals surface area contributed by atoms with Gasteiger partial charge in [0, 0.05) is 5.39 Å². The van der Waals surface area contributed by atoms with Crippen LogP contribution in [0.1, 0.15) is 47.3 Å². The van der Waals surface area contributed by atoms with Crippen LogP contribution < -0.4 is 0 Å². The lowest BCUT2D eigenvalue weighted by molar-refractivity contribution is 0.578. The van der Waals surface area contributed by atoms with Crippen LogP contribution in [-0.4, -0.2) is 0 Å². The van der Waals surface area contributed by atoms with E-state index in [0.29, 0.717) is 0 Å². The molecular formula is C17H28O. The highest BCUT2D eigenvalue weighted by molar-refractivity contribution is 5.77. The number of hydrogen-bond acceptors (Lipinski definition) is 1. The highest BCUT2D eigenvalue weighted by Gasteiger charge is 1.95. The molecule has 0 amide bonds. The molecule has 0 unspecified atom stereocenters. The van der Waals surface area contributed by atoms with E-state index in [1.54, 1.807) is 0 Å². The van der Waals surface area contributed by atoms with Gasteiger partial charge in [0.1, 0.15) is 11.3 Å². The summed E-state index contributed by atoms with van der Waals surface area (Å²) in [5.41, 5.74) is 0.972. The van der Waals surface area contributed by atoms with Gasteiger partial charge in [0.25, 0.3) is 0 Å². The Bertz CT molecular complexity index is 373. The van der Waals surface area contributed by atoms with E-state index in [-0.39, 0.29) is 0 Å². The van der Waals surface area contributed by atoms with E-state index < -0.39 is 0 Å². The predicted molar refractivity (Wildman–Crippen MR) is 84.1 cm³/mol. The molecule has 0 aliphatic rings. The van der Waals surface area contributed by atoms with Crippen molar-refractivity contribution in [3.8, 4) is 0 Å². The third-order valence-corrected chi connectivity index (χ3v) is 1.88. The molecule has 0 saturated carbocycles. The maximum absolute atomic E-state index is 5.37. The van der Waals surface area contributed by atoms with Crippen molar-refractivity contribution in [3.05, 3.63) is 48.2 Å². The van der Waals surface area contributed by atoms with Crippen molar-refractivity contribution in [1.82, 2.24) is 0 Å². The molecule has 0 saturated heterocycles. The van der Waals surface area contributed by atoms with Crippen molar-refractivity contribution in [2.75, 3.05) is 0 Å². The topological polar surface area (TPSA) is 13.1 Å². The van der Waals surface area contributed by atoms with Crippen LogP contribution in [0, 0.1) is 6.92 Å². The van der Waals surface area contributed by atoms with Gasteiger partial charge in [-0.3, -0.25) is 0 Å². The summed E-state index contributed by atoms with van der Waals surface area (Å²) in [6.45, 7) is 14.0. The van der Waals surface area contributed by atoms with Gasteiger partial charge in [0.05, 0.1) is 0 Å². The molecule has 1 nitrogen and oxygen atoms in total. The van der Waals surface area contributed by atoms with Crippen LogP contribution in [0.5, 0.6) is 0 Å². The van der Waals surface area contributed by atoms with E-state index in [2.05, 4.69) is 0 Å². The van der Waals surface area contributed by atoms with E-state index in [4.69, 9.17) is 4.42 Å². The summed E-state index contributed by atoms with van der Waals surface area (Å²) in [6.07, 6.45) is 4.00. The summed E-state index contributed by atoms with van der Waals surface area (Å²) in [5.74, 6) is 0.973. The molecule has 0 atom stereocenters. The zero-order valence-corrected chi connectivity index (χ0v) is 12.9. The SMILES string of the molecule is C/C=C/C.CC.CC.Cc1cc2ccccc2o1. The quantitative estimate of drug-likeness (QED) is 0.493. The molecular weight excluding hydrogens is 220 g/mol. The molecule has 0 fully saturated rings. The minimum atomic E-state index is 0.972. The first-order valence-corrected chi connectivity index (χ1v) is 6.80. The van der Waals surface area contributed by atoms with Crippen LogP contribution in [0.15, 0.2) is 46.9 Å². The fourth-order valence-electron chi connectivity index (χ4n) is 1.11. The summed E-state index contributed by atoms with van der Waals surface area (Å²) in [7, 11) is 0. The molecule has 102 valence electrons. The van der Waals surface area contributed by atoms with Crippen LogP contribution >= 0.6 is 0 Å². The molecule has 0 aliphatic carbocycles. The molecule has 18 heavy (non-hydrogen) atoms. The molecule has 0 aliphatic heterocycles. The zero-order chi connectivity index (χ0) is 14.4. The standard InChI is InChI=1S/C9H8O.C4H8.2C2H6/c1-7-6-8-4-2-3-5-9(8)10-7;1-3-4-2;2*1-2/h2-6H,1H3;3-4H,1-2H3;2*1-2H3/b;4-3+;;. The number of fused-ring (bicyclic) bond motifs is 1. The molecule has 0 bridgehead atoms. The summed E-state index contributed by atoms with van der Waals surface area (Å²) >= 11 is 0. The Balaban J connectivity index is 0. The Morgan fingerprint density at radius 1 is 0.889 bits per heavy atom. The third kappa shape index (κ3) is 7.72. The fourth-order valence-corrected chi connectivity index (χ4v) is 1.11. The average molecular weight is 248 g/mol. The van der Waals surface area contributed by atoms with Gasteiger partial charge in [-0.15, -0.1) is 0 Å². The number of rotatable bonds is 0. The van der Waals surface area contributed by atoms with Gasteiger partial charge in [0.15, 0.2) is 0 Å². The van der Waals surface area contributed by atoms with Crippen LogP contribution in [0.4, 0.5) is 0 Å². The van der Waals surface area contributed by atoms with E-state index in [1.807, 2.05) is 91.0 Å². The zero-order valence-electron chi connectivity index (χ0n) is 12.9. The normalized spacial score (nSPS) is 8.61. The van der Waals surface area contributed by atoms with E-state index in [0.717, 1.165) is 11.3 Å². The molecule has 1 heterocycles. The van der Waals surface area contributed by atoms with Gasteiger partial charge >= 0.3 is 0 Å². The highest BCUT2D eigenvalue weighted by Crippen LogP contribution is 2.17.